The van der Waals surface area contributed by atoms with Crippen LogP contribution in [-0.2, 0) is 4.74 Å². The van der Waals surface area contributed by atoms with Crippen molar-refractivity contribution in [3.63, 3.8) is 0 Å². The first-order chi connectivity index (χ1) is 3.31. The summed E-state index contributed by atoms with van der Waals surface area (Å²) in [6.07, 6.45) is 1.10. The van der Waals surface area contributed by atoms with Crippen LogP contribution in [0.15, 0.2) is 0 Å². The van der Waals surface area contributed by atoms with Crippen LogP contribution in [0, 0.1) is 12.8 Å². The quantitative estimate of drug-likeness (QED) is 0.342. The number of rotatable bonds is 3. The molecule has 0 aromatic heterocycles. The van der Waals surface area contributed by atoms with Crippen molar-refractivity contribution in [1.29, 1.82) is 0 Å². The molecule has 2 heteroatoms. The molecule has 1 unspecified atom stereocenters. The van der Waals surface area contributed by atoms with Crippen molar-refractivity contribution in [2.75, 3.05) is 13.7 Å². The van der Waals surface area contributed by atoms with Crippen LogP contribution in [0.25, 0.3) is 0 Å². The second-order valence-electron chi connectivity index (χ2n) is 1.73. The molecule has 8 heavy (non-hydrogen) atoms. The molecular weight excluding hydrogens is 127 g/mol. The Hall–Kier alpha value is 1.60. The molecule has 0 saturated heterocycles. The molecule has 0 aliphatic heterocycles. The monoisotopic (exact) mass is 140 g/mol. The van der Waals surface area contributed by atoms with Crippen molar-refractivity contribution in [1.82, 2.24) is 0 Å². The molecule has 1 nitrogen and oxygen atoms in total. The maximum Gasteiger partial charge on any atom is 1.00 e. The van der Waals surface area contributed by atoms with E-state index in [-0.39, 0.29) is 51.4 Å². The fourth-order valence-electron chi connectivity index (χ4n) is 0.354. The molecule has 0 spiro atoms. The summed E-state index contributed by atoms with van der Waals surface area (Å²) in [6, 6.07) is 0. The molecule has 0 amide bonds. The SMILES string of the molecule is [CH2-]C(CC)COC.[K+]. The Morgan fingerprint density at radius 3 is 2.25 bits per heavy atom. The van der Waals surface area contributed by atoms with Crippen molar-refractivity contribution in [2.24, 2.45) is 5.92 Å². The van der Waals surface area contributed by atoms with Gasteiger partial charge in [0.2, 0.25) is 0 Å². The summed E-state index contributed by atoms with van der Waals surface area (Å²) in [5.74, 6) is 0.477. The van der Waals surface area contributed by atoms with Crippen LogP contribution in [0.2, 0.25) is 0 Å². The van der Waals surface area contributed by atoms with Gasteiger partial charge in [-0.15, -0.1) is 5.92 Å². The van der Waals surface area contributed by atoms with Crippen LogP contribution in [0.4, 0.5) is 0 Å². The number of methoxy groups -OCH3 is 1. The fourth-order valence-corrected chi connectivity index (χ4v) is 0.354. The van der Waals surface area contributed by atoms with Crippen molar-refractivity contribution < 1.29 is 56.1 Å². The fraction of sp³-hybridized carbons (Fsp3) is 0.833. The van der Waals surface area contributed by atoms with Crippen LogP contribution in [0.5, 0.6) is 0 Å². The van der Waals surface area contributed by atoms with Crippen LogP contribution >= 0.6 is 0 Å². The molecule has 0 aliphatic carbocycles. The van der Waals surface area contributed by atoms with Crippen molar-refractivity contribution in [3.05, 3.63) is 6.92 Å². The third-order valence-corrected chi connectivity index (χ3v) is 0.980. The van der Waals surface area contributed by atoms with Gasteiger partial charge in [-0.05, 0) is 0 Å². The normalized spacial score (nSPS) is 12.4. The minimum atomic E-state index is 0. The van der Waals surface area contributed by atoms with Gasteiger partial charge in [0.05, 0.1) is 0 Å². The smallest absolute Gasteiger partial charge is 0.387 e. The Morgan fingerprint density at radius 2 is 2.12 bits per heavy atom. The molecule has 0 saturated carbocycles. The van der Waals surface area contributed by atoms with E-state index in [9.17, 15) is 0 Å². The van der Waals surface area contributed by atoms with E-state index >= 15 is 0 Å². The minimum absolute atomic E-state index is 0. The zero-order chi connectivity index (χ0) is 5.70. The topological polar surface area (TPSA) is 9.23 Å². The van der Waals surface area contributed by atoms with Gasteiger partial charge in [-0.2, -0.15) is 0 Å². The molecule has 0 aliphatic rings. The van der Waals surface area contributed by atoms with Gasteiger partial charge in [0.15, 0.2) is 0 Å². The van der Waals surface area contributed by atoms with E-state index in [0.29, 0.717) is 5.92 Å². The predicted octanol–water partition coefficient (Wildman–Crippen LogP) is -1.50. The molecule has 0 bridgehead atoms. The summed E-state index contributed by atoms with van der Waals surface area (Å²) in [5.41, 5.74) is 0. The van der Waals surface area contributed by atoms with Gasteiger partial charge in [0.25, 0.3) is 0 Å². The van der Waals surface area contributed by atoms with Gasteiger partial charge in [-0.3, -0.25) is 0 Å². The molecule has 1 atom stereocenters. The van der Waals surface area contributed by atoms with E-state index < -0.39 is 0 Å². The summed E-state index contributed by atoms with van der Waals surface area (Å²) >= 11 is 0. The molecule has 0 N–H and O–H groups in total. The van der Waals surface area contributed by atoms with Crippen molar-refractivity contribution in [2.45, 2.75) is 13.3 Å². The summed E-state index contributed by atoms with van der Waals surface area (Å²) in [4.78, 5) is 0. The van der Waals surface area contributed by atoms with E-state index in [2.05, 4.69) is 13.8 Å². The minimum Gasteiger partial charge on any atom is -0.387 e. The molecule has 0 fully saturated rings. The second kappa shape index (κ2) is 8.60. The molecule has 0 rings (SSSR count). The summed E-state index contributed by atoms with van der Waals surface area (Å²) in [7, 11) is 1.70. The van der Waals surface area contributed by atoms with Crippen LogP contribution in [0.1, 0.15) is 13.3 Å². The van der Waals surface area contributed by atoms with Crippen molar-refractivity contribution in [3.8, 4) is 0 Å². The third kappa shape index (κ3) is 7.60. The van der Waals surface area contributed by atoms with E-state index in [4.69, 9.17) is 4.74 Å². The maximum atomic E-state index is 4.83. The summed E-state index contributed by atoms with van der Waals surface area (Å²) in [6.45, 7) is 6.72. The number of hydrogen-bond donors (Lipinski definition) is 0. The van der Waals surface area contributed by atoms with Crippen LogP contribution in [-0.4, -0.2) is 13.7 Å². The third-order valence-electron chi connectivity index (χ3n) is 0.980. The van der Waals surface area contributed by atoms with Gasteiger partial charge in [0.1, 0.15) is 0 Å². The summed E-state index contributed by atoms with van der Waals surface area (Å²) in [5, 5.41) is 0. The van der Waals surface area contributed by atoms with Gasteiger partial charge in [-0.25, -0.2) is 0 Å². The van der Waals surface area contributed by atoms with Crippen LogP contribution in [0.3, 0.4) is 0 Å². The largest absolute Gasteiger partial charge is 1.00 e. The Kier molecular flexibility index (Phi) is 13.2. The Bertz CT molecular complexity index is 39.5. The van der Waals surface area contributed by atoms with Gasteiger partial charge >= 0.3 is 51.4 Å². The van der Waals surface area contributed by atoms with Crippen molar-refractivity contribution >= 4 is 0 Å². The Morgan fingerprint density at radius 1 is 1.62 bits per heavy atom. The van der Waals surface area contributed by atoms with Gasteiger partial charge in [-0.1, -0.05) is 13.3 Å². The standard InChI is InChI=1S/C6H13O.K/c1-4-6(2)5-7-3;/h6H,2,4-5H2,1,3H3;/q-1;+1. The van der Waals surface area contributed by atoms with E-state index in [1.165, 1.54) is 0 Å². The van der Waals surface area contributed by atoms with E-state index in [0.717, 1.165) is 13.0 Å². The molecular formula is C6H13KO. The average molecular weight is 140 g/mol. The van der Waals surface area contributed by atoms with Gasteiger partial charge in [0, 0.05) is 13.7 Å². The zero-order valence-electron chi connectivity index (χ0n) is 6.11. The molecule has 44 valence electrons. The zero-order valence-corrected chi connectivity index (χ0v) is 9.23. The molecule has 0 aromatic carbocycles. The van der Waals surface area contributed by atoms with Gasteiger partial charge < -0.3 is 11.7 Å². The van der Waals surface area contributed by atoms with Crippen LogP contribution < -0.4 is 51.4 Å². The number of ether oxygens (including phenoxy) is 1. The Labute approximate surface area is 94.6 Å². The average Bonchev–Trinajstić information content (AvgIpc) is 1.68. The first-order valence-electron chi connectivity index (χ1n) is 2.63. The molecule has 0 heterocycles. The predicted molar refractivity (Wildman–Crippen MR) is 31.0 cm³/mol. The molecule has 0 radical (unpaired) electrons. The number of hydrogen-bond acceptors (Lipinski definition) is 1. The van der Waals surface area contributed by atoms with E-state index in [1.54, 1.807) is 7.11 Å². The molecule has 0 aromatic rings. The summed E-state index contributed by atoms with van der Waals surface area (Å²) < 4.78 is 4.83. The second-order valence-corrected chi connectivity index (χ2v) is 1.73. The first-order valence-corrected chi connectivity index (χ1v) is 2.63. The van der Waals surface area contributed by atoms with E-state index in [1.807, 2.05) is 0 Å². The first kappa shape index (κ1) is 12.3. The Balaban J connectivity index is 0. The maximum absolute atomic E-state index is 4.83.